The van der Waals surface area contributed by atoms with E-state index in [1.165, 1.54) is 25.7 Å². The molecule has 1 aliphatic carbocycles. The summed E-state index contributed by atoms with van der Waals surface area (Å²) >= 11 is 0. The Morgan fingerprint density at radius 2 is 1.80 bits per heavy atom. The molecule has 20 heavy (non-hydrogen) atoms. The van der Waals surface area contributed by atoms with Gasteiger partial charge in [0.15, 0.2) is 0 Å². The second-order valence-electron chi connectivity index (χ2n) is 7.24. The molecule has 1 saturated heterocycles. The van der Waals surface area contributed by atoms with Gasteiger partial charge < -0.3 is 9.64 Å². The van der Waals surface area contributed by atoms with Gasteiger partial charge in [-0.2, -0.15) is 0 Å². The molecular formula is C16H30N2O2. The molecule has 2 fully saturated rings. The molecule has 0 aromatic rings. The van der Waals surface area contributed by atoms with Crippen molar-refractivity contribution in [2.45, 2.75) is 65.0 Å². The van der Waals surface area contributed by atoms with Crippen LogP contribution in [0.5, 0.6) is 0 Å². The van der Waals surface area contributed by atoms with E-state index in [1.807, 2.05) is 25.7 Å². The molecule has 0 spiro atoms. The smallest absolute Gasteiger partial charge is 0.410 e. The first-order valence-corrected chi connectivity index (χ1v) is 8.11. The number of hydrogen-bond donors (Lipinski definition) is 0. The van der Waals surface area contributed by atoms with Crippen LogP contribution in [0.15, 0.2) is 0 Å². The van der Waals surface area contributed by atoms with E-state index >= 15 is 0 Å². The second kappa shape index (κ2) is 6.33. The predicted octanol–water partition coefficient (Wildman–Crippen LogP) is 3.12. The fourth-order valence-electron chi connectivity index (χ4n) is 3.35. The van der Waals surface area contributed by atoms with E-state index in [1.54, 1.807) is 0 Å². The fraction of sp³-hybridized carbons (Fsp3) is 0.938. The summed E-state index contributed by atoms with van der Waals surface area (Å²) in [5.74, 6) is 0.920. The quantitative estimate of drug-likeness (QED) is 0.780. The Kier molecular flexibility index (Phi) is 4.95. The summed E-state index contributed by atoms with van der Waals surface area (Å²) in [5, 5.41) is 0. The number of hydrogen-bond acceptors (Lipinski definition) is 3. The van der Waals surface area contributed by atoms with Crippen molar-refractivity contribution in [1.29, 1.82) is 0 Å². The van der Waals surface area contributed by atoms with E-state index in [2.05, 4.69) is 11.8 Å². The summed E-state index contributed by atoms with van der Waals surface area (Å²) in [6.45, 7) is 11.7. The van der Waals surface area contributed by atoms with Gasteiger partial charge in [0.05, 0.1) is 0 Å². The number of nitrogens with zero attached hydrogens (tertiary/aromatic N) is 2. The highest BCUT2D eigenvalue weighted by molar-refractivity contribution is 5.68. The predicted molar refractivity (Wildman–Crippen MR) is 80.8 cm³/mol. The molecule has 1 aliphatic heterocycles. The number of carbonyl (C=O) groups is 1. The summed E-state index contributed by atoms with van der Waals surface area (Å²) in [5.41, 5.74) is -0.395. The molecule has 1 amide bonds. The van der Waals surface area contributed by atoms with Gasteiger partial charge in [0.1, 0.15) is 5.60 Å². The Morgan fingerprint density at radius 1 is 1.15 bits per heavy atom. The van der Waals surface area contributed by atoms with E-state index in [0.717, 1.165) is 38.1 Å². The van der Waals surface area contributed by atoms with Crippen molar-refractivity contribution in [1.82, 2.24) is 9.80 Å². The van der Waals surface area contributed by atoms with Crippen LogP contribution in [0.1, 0.15) is 53.4 Å². The van der Waals surface area contributed by atoms with E-state index in [9.17, 15) is 4.79 Å². The van der Waals surface area contributed by atoms with Crippen LogP contribution in [0.4, 0.5) is 4.79 Å². The maximum Gasteiger partial charge on any atom is 0.410 e. The highest BCUT2D eigenvalue weighted by Gasteiger charge is 2.32. The minimum absolute atomic E-state index is 0.157. The van der Waals surface area contributed by atoms with Gasteiger partial charge >= 0.3 is 6.09 Å². The number of amides is 1. The highest BCUT2D eigenvalue weighted by Crippen LogP contribution is 2.31. The van der Waals surface area contributed by atoms with Crippen molar-refractivity contribution >= 4 is 6.09 Å². The molecule has 0 aromatic carbocycles. The average molecular weight is 282 g/mol. The first-order valence-electron chi connectivity index (χ1n) is 8.11. The topological polar surface area (TPSA) is 32.8 Å². The van der Waals surface area contributed by atoms with Crippen LogP contribution >= 0.6 is 0 Å². The van der Waals surface area contributed by atoms with Crippen molar-refractivity contribution < 1.29 is 9.53 Å². The molecule has 4 nitrogen and oxygen atoms in total. The van der Waals surface area contributed by atoms with Crippen molar-refractivity contribution in [2.24, 2.45) is 5.92 Å². The lowest BCUT2D eigenvalue weighted by Crippen LogP contribution is -2.52. The van der Waals surface area contributed by atoms with Crippen molar-refractivity contribution in [3.63, 3.8) is 0 Å². The van der Waals surface area contributed by atoms with Crippen LogP contribution in [-0.2, 0) is 4.74 Å². The van der Waals surface area contributed by atoms with Gasteiger partial charge in [-0.1, -0.05) is 13.3 Å². The number of rotatable bonds is 2. The van der Waals surface area contributed by atoms with E-state index in [-0.39, 0.29) is 6.09 Å². The van der Waals surface area contributed by atoms with Crippen molar-refractivity contribution in [3.8, 4) is 0 Å². The van der Waals surface area contributed by atoms with Gasteiger partial charge in [0.2, 0.25) is 0 Å². The zero-order chi connectivity index (χ0) is 14.8. The van der Waals surface area contributed by atoms with Gasteiger partial charge in [0.25, 0.3) is 0 Å². The lowest BCUT2D eigenvalue weighted by molar-refractivity contribution is 0.0104. The third-order valence-corrected chi connectivity index (χ3v) is 4.57. The Hall–Kier alpha value is -0.770. The molecule has 0 bridgehead atoms. The minimum Gasteiger partial charge on any atom is -0.444 e. The molecule has 1 heterocycles. The van der Waals surface area contributed by atoms with E-state index in [4.69, 9.17) is 4.74 Å². The molecule has 2 unspecified atom stereocenters. The molecule has 1 saturated carbocycles. The zero-order valence-corrected chi connectivity index (χ0v) is 13.5. The lowest BCUT2D eigenvalue weighted by atomic mass is 10.0. The number of ether oxygens (including phenoxy) is 1. The van der Waals surface area contributed by atoms with Crippen LogP contribution < -0.4 is 0 Å². The average Bonchev–Trinajstić information content (AvgIpc) is 2.85. The third-order valence-electron chi connectivity index (χ3n) is 4.57. The van der Waals surface area contributed by atoms with Gasteiger partial charge in [-0.3, -0.25) is 4.90 Å². The van der Waals surface area contributed by atoms with Crippen LogP contribution in [-0.4, -0.2) is 53.7 Å². The summed E-state index contributed by atoms with van der Waals surface area (Å²) in [6, 6.07) is 0.751. The zero-order valence-electron chi connectivity index (χ0n) is 13.5. The summed E-state index contributed by atoms with van der Waals surface area (Å²) < 4.78 is 5.44. The largest absolute Gasteiger partial charge is 0.444 e. The maximum atomic E-state index is 12.0. The number of carbonyl (C=O) groups excluding carboxylic acids is 1. The van der Waals surface area contributed by atoms with Crippen molar-refractivity contribution in [3.05, 3.63) is 0 Å². The van der Waals surface area contributed by atoms with Crippen LogP contribution in [0.2, 0.25) is 0 Å². The van der Waals surface area contributed by atoms with Crippen LogP contribution in [0, 0.1) is 5.92 Å². The van der Waals surface area contributed by atoms with Gasteiger partial charge in [-0.15, -0.1) is 0 Å². The highest BCUT2D eigenvalue weighted by atomic mass is 16.6. The van der Waals surface area contributed by atoms with Gasteiger partial charge in [-0.05, 0) is 46.0 Å². The van der Waals surface area contributed by atoms with Crippen LogP contribution in [0.3, 0.4) is 0 Å². The van der Waals surface area contributed by atoms with Crippen molar-refractivity contribution in [2.75, 3.05) is 26.2 Å². The maximum absolute atomic E-state index is 12.0. The van der Waals surface area contributed by atoms with E-state index < -0.39 is 5.60 Å². The lowest BCUT2D eigenvalue weighted by Gasteiger charge is -2.38. The van der Waals surface area contributed by atoms with Gasteiger partial charge in [-0.25, -0.2) is 4.79 Å². The molecule has 0 radical (unpaired) electrons. The molecule has 116 valence electrons. The molecule has 2 atom stereocenters. The molecule has 2 rings (SSSR count). The summed E-state index contributed by atoms with van der Waals surface area (Å²) in [4.78, 5) is 16.5. The first kappa shape index (κ1) is 15.6. The SMILES string of the molecule is CCC1CCC(N2CCN(C(=O)OC(C)(C)C)CC2)C1. The third kappa shape index (κ3) is 4.11. The Bertz CT molecular complexity index is 330. The molecule has 0 aromatic heterocycles. The Labute approximate surface area is 123 Å². The summed E-state index contributed by atoms with van der Waals surface area (Å²) in [7, 11) is 0. The summed E-state index contributed by atoms with van der Waals surface area (Å²) in [6.07, 6.45) is 5.23. The second-order valence-corrected chi connectivity index (χ2v) is 7.24. The molecule has 2 aliphatic rings. The normalized spacial score (nSPS) is 28.7. The number of piperazine rings is 1. The first-order chi connectivity index (χ1) is 9.39. The fourth-order valence-corrected chi connectivity index (χ4v) is 3.35. The molecule has 0 N–H and O–H groups in total. The van der Waals surface area contributed by atoms with Gasteiger partial charge in [0, 0.05) is 32.2 Å². The Balaban J connectivity index is 1.76. The molecular weight excluding hydrogens is 252 g/mol. The molecule has 4 heteroatoms. The minimum atomic E-state index is -0.395. The Morgan fingerprint density at radius 3 is 2.30 bits per heavy atom. The standard InChI is InChI=1S/C16H30N2O2/c1-5-13-6-7-14(12-13)17-8-10-18(11-9-17)15(19)20-16(2,3)4/h13-14H,5-12H2,1-4H3. The van der Waals surface area contributed by atoms with Crippen LogP contribution in [0.25, 0.3) is 0 Å². The monoisotopic (exact) mass is 282 g/mol. The van der Waals surface area contributed by atoms with E-state index in [0.29, 0.717) is 0 Å².